The molecule has 0 saturated heterocycles. The fourth-order valence-electron chi connectivity index (χ4n) is 2.76. The molecule has 5 heteroatoms. The van der Waals surface area contributed by atoms with E-state index in [0.29, 0.717) is 6.61 Å². The van der Waals surface area contributed by atoms with E-state index in [2.05, 4.69) is 0 Å². The van der Waals surface area contributed by atoms with E-state index in [1.165, 1.54) is 0 Å². The Hall–Kier alpha value is -1.10. The molecule has 2 unspecified atom stereocenters. The minimum Gasteiger partial charge on any atom is -0.465 e. The second-order valence-corrected chi connectivity index (χ2v) is 5.10. The third-order valence-corrected chi connectivity index (χ3v) is 3.78. The van der Waals surface area contributed by atoms with Gasteiger partial charge in [0.2, 0.25) is 0 Å². The summed E-state index contributed by atoms with van der Waals surface area (Å²) in [6, 6.07) is 0. The molecule has 124 valence electrons. The molecular weight excluding hydrogens is 272 g/mol. The van der Waals surface area contributed by atoms with Gasteiger partial charge in [-0.2, -0.15) is 0 Å². The third kappa shape index (κ3) is 4.43. The van der Waals surface area contributed by atoms with E-state index >= 15 is 0 Å². The summed E-state index contributed by atoms with van der Waals surface area (Å²) in [7, 11) is 0. The van der Waals surface area contributed by atoms with Gasteiger partial charge in [0.1, 0.15) is 0 Å². The molecule has 0 aromatic rings. The first-order valence-corrected chi connectivity index (χ1v) is 7.89. The van der Waals surface area contributed by atoms with Crippen LogP contribution in [0.3, 0.4) is 0 Å². The highest BCUT2D eigenvalue weighted by Crippen LogP contribution is 2.39. The van der Waals surface area contributed by atoms with Crippen molar-refractivity contribution in [2.24, 2.45) is 11.3 Å². The van der Waals surface area contributed by atoms with E-state index in [1.807, 2.05) is 20.8 Å². The first-order chi connectivity index (χ1) is 9.93. The maximum absolute atomic E-state index is 12.6. The maximum atomic E-state index is 12.6. The van der Waals surface area contributed by atoms with Crippen LogP contribution in [-0.2, 0) is 23.8 Å². The van der Waals surface area contributed by atoms with Crippen LogP contribution in [0.1, 0.15) is 54.4 Å². The first kappa shape index (κ1) is 19.9. The van der Waals surface area contributed by atoms with Gasteiger partial charge in [0.25, 0.3) is 0 Å². The van der Waals surface area contributed by atoms with E-state index in [1.54, 1.807) is 20.8 Å². The minimum absolute atomic E-state index is 0.220. The third-order valence-electron chi connectivity index (χ3n) is 3.78. The fourth-order valence-corrected chi connectivity index (χ4v) is 2.76. The van der Waals surface area contributed by atoms with Crippen molar-refractivity contribution in [3.8, 4) is 0 Å². The molecule has 0 radical (unpaired) electrons. The van der Waals surface area contributed by atoms with E-state index in [4.69, 9.17) is 14.2 Å². The molecule has 0 amide bonds. The zero-order chi connectivity index (χ0) is 16.5. The van der Waals surface area contributed by atoms with Crippen LogP contribution in [0.4, 0.5) is 0 Å². The lowest BCUT2D eigenvalue weighted by atomic mass is 9.70. The van der Waals surface area contributed by atoms with Crippen molar-refractivity contribution in [1.82, 2.24) is 0 Å². The van der Waals surface area contributed by atoms with Gasteiger partial charge in [0, 0.05) is 6.61 Å². The Bertz CT molecular complexity index is 295. The lowest BCUT2D eigenvalue weighted by Gasteiger charge is -2.38. The summed E-state index contributed by atoms with van der Waals surface area (Å²) in [6.07, 6.45) is 0.984. The molecule has 2 atom stereocenters. The summed E-state index contributed by atoms with van der Waals surface area (Å²) in [5.74, 6) is -1.32. The Balaban J connectivity index is 5.79. The topological polar surface area (TPSA) is 61.8 Å². The summed E-state index contributed by atoms with van der Waals surface area (Å²) in [4.78, 5) is 25.2. The lowest BCUT2D eigenvalue weighted by molar-refractivity contribution is -0.189. The van der Waals surface area contributed by atoms with Gasteiger partial charge in [0.15, 0.2) is 5.41 Å². The van der Waals surface area contributed by atoms with Gasteiger partial charge < -0.3 is 14.2 Å². The normalized spacial score (nSPS) is 14.4. The highest BCUT2D eigenvalue weighted by atomic mass is 16.6. The van der Waals surface area contributed by atoms with Gasteiger partial charge in [0.05, 0.1) is 19.3 Å². The van der Waals surface area contributed by atoms with Gasteiger partial charge >= 0.3 is 11.9 Å². The number of ether oxygens (including phenoxy) is 3. The van der Waals surface area contributed by atoms with E-state index in [9.17, 15) is 9.59 Å². The van der Waals surface area contributed by atoms with Crippen LogP contribution in [0.25, 0.3) is 0 Å². The minimum atomic E-state index is -1.40. The number of esters is 2. The van der Waals surface area contributed by atoms with E-state index in [-0.39, 0.29) is 19.1 Å². The van der Waals surface area contributed by atoms with Gasteiger partial charge in [-0.05, 0) is 40.0 Å². The largest absolute Gasteiger partial charge is 0.465 e. The molecule has 0 spiro atoms. The van der Waals surface area contributed by atoms with Crippen molar-refractivity contribution in [1.29, 1.82) is 0 Å². The summed E-state index contributed by atoms with van der Waals surface area (Å²) in [6.45, 7) is 11.8. The molecule has 0 aliphatic carbocycles. The zero-order valence-electron chi connectivity index (χ0n) is 14.2. The number of hydrogen-bond donors (Lipinski definition) is 0. The molecule has 0 aliphatic rings. The Kier molecular flexibility index (Phi) is 9.26. The van der Waals surface area contributed by atoms with Gasteiger partial charge in [-0.25, -0.2) is 0 Å². The zero-order valence-corrected chi connectivity index (χ0v) is 14.2. The van der Waals surface area contributed by atoms with Gasteiger partial charge in [-0.15, -0.1) is 0 Å². The predicted octanol–water partition coefficient (Wildman–Crippen LogP) is 2.96. The van der Waals surface area contributed by atoms with Crippen molar-refractivity contribution >= 4 is 11.9 Å². The molecule has 0 aromatic carbocycles. The Morgan fingerprint density at radius 3 is 1.71 bits per heavy atom. The number of rotatable bonds is 10. The Morgan fingerprint density at radius 2 is 1.38 bits per heavy atom. The SMILES string of the molecule is CCCC(C)C(C(=O)OCC)(C(=O)OCC)C(C)OCC. The van der Waals surface area contributed by atoms with Crippen molar-refractivity contribution in [3.63, 3.8) is 0 Å². The van der Waals surface area contributed by atoms with Crippen LogP contribution in [0, 0.1) is 11.3 Å². The molecule has 5 nitrogen and oxygen atoms in total. The number of carbonyl (C=O) groups excluding carboxylic acids is 2. The maximum Gasteiger partial charge on any atom is 0.326 e. The summed E-state index contributed by atoms with van der Waals surface area (Å²) >= 11 is 0. The number of hydrogen-bond acceptors (Lipinski definition) is 5. The van der Waals surface area contributed by atoms with Crippen LogP contribution in [0.15, 0.2) is 0 Å². The Morgan fingerprint density at radius 1 is 0.905 bits per heavy atom. The Labute approximate surface area is 128 Å². The van der Waals surface area contributed by atoms with Crippen LogP contribution >= 0.6 is 0 Å². The standard InChI is InChI=1S/C16H30O5/c1-7-11-12(5)16(13(6)19-8-2,14(17)20-9-3)15(18)21-10-4/h12-13H,7-11H2,1-6H3. The van der Waals surface area contributed by atoms with Crippen LogP contribution in [-0.4, -0.2) is 37.9 Å². The molecule has 0 rings (SSSR count). The molecule has 0 aliphatic heterocycles. The van der Waals surface area contributed by atoms with E-state index in [0.717, 1.165) is 12.8 Å². The summed E-state index contributed by atoms with van der Waals surface area (Å²) in [5, 5.41) is 0. The monoisotopic (exact) mass is 302 g/mol. The molecular formula is C16H30O5. The molecule has 0 heterocycles. The molecule has 0 N–H and O–H groups in total. The predicted molar refractivity (Wildman–Crippen MR) is 80.9 cm³/mol. The average molecular weight is 302 g/mol. The second-order valence-electron chi connectivity index (χ2n) is 5.10. The van der Waals surface area contributed by atoms with Gasteiger partial charge in [-0.3, -0.25) is 9.59 Å². The van der Waals surface area contributed by atoms with Crippen molar-refractivity contribution in [3.05, 3.63) is 0 Å². The molecule has 0 bridgehead atoms. The smallest absolute Gasteiger partial charge is 0.326 e. The van der Waals surface area contributed by atoms with Crippen molar-refractivity contribution in [2.75, 3.05) is 19.8 Å². The van der Waals surface area contributed by atoms with Crippen LogP contribution in [0.5, 0.6) is 0 Å². The lowest BCUT2D eigenvalue weighted by Crippen LogP contribution is -2.55. The fraction of sp³-hybridized carbons (Fsp3) is 0.875. The van der Waals surface area contributed by atoms with Crippen molar-refractivity contribution in [2.45, 2.75) is 60.5 Å². The highest BCUT2D eigenvalue weighted by Gasteiger charge is 2.57. The van der Waals surface area contributed by atoms with Crippen LogP contribution in [0.2, 0.25) is 0 Å². The highest BCUT2D eigenvalue weighted by molar-refractivity contribution is 6.01. The first-order valence-electron chi connectivity index (χ1n) is 7.89. The summed E-state index contributed by atoms with van der Waals surface area (Å²) in [5.41, 5.74) is -1.40. The average Bonchev–Trinajstić information content (AvgIpc) is 2.40. The van der Waals surface area contributed by atoms with Crippen LogP contribution < -0.4 is 0 Å². The number of carbonyl (C=O) groups is 2. The molecule has 0 aromatic heterocycles. The van der Waals surface area contributed by atoms with E-state index < -0.39 is 23.5 Å². The molecule has 21 heavy (non-hydrogen) atoms. The second kappa shape index (κ2) is 9.77. The summed E-state index contributed by atoms with van der Waals surface area (Å²) < 4.78 is 16.0. The van der Waals surface area contributed by atoms with Crippen molar-refractivity contribution < 1.29 is 23.8 Å². The quantitative estimate of drug-likeness (QED) is 0.458. The van der Waals surface area contributed by atoms with Gasteiger partial charge in [-0.1, -0.05) is 20.3 Å². The molecule has 0 fully saturated rings. The molecule has 0 saturated carbocycles.